The molecule has 3 rings (SSSR count). The molecule has 0 radical (unpaired) electrons. The Morgan fingerprint density at radius 1 is 0.853 bits per heavy atom. The SMILES string of the molecule is COC[C@H](NC(=O)CCc1ccccc1)C(=O)NC(C)C(=O)NCc1cccc2ccccc12. The van der Waals surface area contributed by atoms with Crippen molar-refractivity contribution in [1.82, 2.24) is 16.0 Å². The van der Waals surface area contributed by atoms with Gasteiger partial charge >= 0.3 is 0 Å². The predicted molar refractivity (Wildman–Crippen MR) is 132 cm³/mol. The van der Waals surface area contributed by atoms with Gasteiger partial charge in [-0.2, -0.15) is 0 Å². The normalized spacial score (nSPS) is 12.5. The summed E-state index contributed by atoms with van der Waals surface area (Å²) in [6, 6.07) is 21.9. The third-order valence-electron chi connectivity index (χ3n) is 5.55. The van der Waals surface area contributed by atoms with E-state index in [2.05, 4.69) is 16.0 Å². The van der Waals surface area contributed by atoms with Crippen molar-refractivity contribution in [2.24, 2.45) is 0 Å². The van der Waals surface area contributed by atoms with Gasteiger partial charge in [0.2, 0.25) is 17.7 Å². The van der Waals surface area contributed by atoms with Gasteiger partial charge < -0.3 is 20.7 Å². The molecule has 0 bridgehead atoms. The van der Waals surface area contributed by atoms with Gasteiger partial charge in [-0.05, 0) is 35.2 Å². The molecule has 0 heterocycles. The molecule has 0 aliphatic heterocycles. The zero-order valence-electron chi connectivity index (χ0n) is 19.5. The van der Waals surface area contributed by atoms with Crippen LogP contribution in [0.2, 0.25) is 0 Å². The smallest absolute Gasteiger partial charge is 0.245 e. The summed E-state index contributed by atoms with van der Waals surface area (Å²) in [5.74, 6) is -1.04. The second-order valence-corrected chi connectivity index (χ2v) is 8.15. The monoisotopic (exact) mass is 461 g/mol. The lowest BCUT2D eigenvalue weighted by atomic mass is 10.0. The number of ether oxygens (including phenoxy) is 1. The molecule has 2 atom stereocenters. The molecule has 3 aromatic rings. The third-order valence-corrected chi connectivity index (χ3v) is 5.55. The highest BCUT2D eigenvalue weighted by Crippen LogP contribution is 2.18. The Kier molecular flexibility index (Phi) is 9.17. The molecule has 3 amide bonds. The van der Waals surface area contributed by atoms with Crippen molar-refractivity contribution < 1.29 is 19.1 Å². The number of fused-ring (bicyclic) bond motifs is 1. The summed E-state index contributed by atoms with van der Waals surface area (Å²) in [7, 11) is 1.46. The summed E-state index contributed by atoms with van der Waals surface area (Å²) < 4.78 is 5.10. The van der Waals surface area contributed by atoms with E-state index < -0.39 is 18.0 Å². The van der Waals surface area contributed by atoms with E-state index in [0.717, 1.165) is 21.9 Å². The van der Waals surface area contributed by atoms with Gasteiger partial charge in [-0.3, -0.25) is 14.4 Å². The van der Waals surface area contributed by atoms with Crippen LogP contribution >= 0.6 is 0 Å². The lowest BCUT2D eigenvalue weighted by molar-refractivity contribution is -0.133. The van der Waals surface area contributed by atoms with Gasteiger partial charge in [0.05, 0.1) is 6.61 Å². The highest BCUT2D eigenvalue weighted by atomic mass is 16.5. The number of benzene rings is 3. The van der Waals surface area contributed by atoms with E-state index in [1.165, 1.54) is 7.11 Å². The van der Waals surface area contributed by atoms with E-state index in [-0.39, 0.29) is 24.8 Å². The second kappa shape index (κ2) is 12.5. The molecular weight excluding hydrogens is 430 g/mol. The molecule has 3 N–H and O–H groups in total. The number of aryl methyl sites for hydroxylation is 1. The second-order valence-electron chi connectivity index (χ2n) is 8.15. The molecule has 0 aliphatic rings. The largest absolute Gasteiger partial charge is 0.382 e. The molecule has 7 nitrogen and oxygen atoms in total. The number of amides is 3. The fourth-order valence-electron chi connectivity index (χ4n) is 3.68. The standard InChI is InChI=1S/C27H31N3O4/c1-19(26(32)28-17-22-13-8-12-21-11-6-7-14-23(21)22)29-27(33)24(18-34-2)30-25(31)16-15-20-9-4-3-5-10-20/h3-14,19,24H,15-18H2,1-2H3,(H,28,32)(H,29,33)(H,30,31)/t19?,24-/m0/s1. The van der Waals surface area contributed by atoms with Crippen molar-refractivity contribution in [1.29, 1.82) is 0 Å². The first-order valence-corrected chi connectivity index (χ1v) is 11.3. The van der Waals surface area contributed by atoms with Crippen molar-refractivity contribution in [3.05, 3.63) is 83.9 Å². The summed E-state index contributed by atoms with van der Waals surface area (Å²) >= 11 is 0. The van der Waals surface area contributed by atoms with E-state index in [0.29, 0.717) is 13.0 Å². The quantitative estimate of drug-likeness (QED) is 0.409. The molecule has 0 aromatic heterocycles. The molecule has 0 spiro atoms. The van der Waals surface area contributed by atoms with E-state index in [9.17, 15) is 14.4 Å². The molecule has 34 heavy (non-hydrogen) atoms. The maximum atomic E-state index is 12.7. The van der Waals surface area contributed by atoms with E-state index in [4.69, 9.17) is 4.74 Å². The Balaban J connectivity index is 1.50. The number of methoxy groups -OCH3 is 1. The molecule has 0 saturated heterocycles. The van der Waals surface area contributed by atoms with Gasteiger partial charge in [-0.1, -0.05) is 72.8 Å². The van der Waals surface area contributed by atoms with Gasteiger partial charge in [-0.25, -0.2) is 0 Å². The molecular formula is C27H31N3O4. The summed E-state index contributed by atoms with van der Waals surface area (Å²) in [6.45, 7) is 1.96. The van der Waals surface area contributed by atoms with Crippen molar-refractivity contribution in [3.8, 4) is 0 Å². The van der Waals surface area contributed by atoms with E-state index in [1.807, 2.05) is 72.8 Å². The van der Waals surface area contributed by atoms with Crippen molar-refractivity contribution >= 4 is 28.5 Å². The maximum Gasteiger partial charge on any atom is 0.245 e. The van der Waals surface area contributed by atoms with Gasteiger partial charge in [0.1, 0.15) is 12.1 Å². The first-order valence-electron chi connectivity index (χ1n) is 11.3. The van der Waals surface area contributed by atoms with Crippen LogP contribution in [0.15, 0.2) is 72.8 Å². The number of carbonyl (C=O) groups is 3. The van der Waals surface area contributed by atoms with Crippen LogP contribution in [0.5, 0.6) is 0 Å². The van der Waals surface area contributed by atoms with Crippen LogP contribution in [0, 0.1) is 0 Å². The van der Waals surface area contributed by atoms with Crippen LogP contribution in [-0.4, -0.2) is 43.5 Å². The molecule has 178 valence electrons. The van der Waals surface area contributed by atoms with E-state index >= 15 is 0 Å². The van der Waals surface area contributed by atoms with Gasteiger partial charge in [0.15, 0.2) is 0 Å². The van der Waals surface area contributed by atoms with Crippen LogP contribution in [0.3, 0.4) is 0 Å². The minimum absolute atomic E-state index is 0.00720. The molecule has 0 saturated carbocycles. The summed E-state index contributed by atoms with van der Waals surface area (Å²) in [4.78, 5) is 37.7. The van der Waals surface area contributed by atoms with Crippen molar-refractivity contribution in [2.75, 3.05) is 13.7 Å². The Labute approximate surface area is 199 Å². The average molecular weight is 462 g/mol. The molecule has 3 aromatic carbocycles. The summed E-state index contributed by atoms with van der Waals surface area (Å²) in [6.07, 6.45) is 0.819. The molecule has 0 aliphatic carbocycles. The number of nitrogens with one attached hydrogen (secondary N) is 3. The van der Waals surface area contributed by atoms with Crippen LogP contribution in [-0.2, 0) is 32.1 Å². The van der Waals surface area contributed by atoms with Gasteiger partial charge in [-0.15, -0.1) is 0 Å². The van der Waals surface area contributed by atoms with Gasteiger partial charge in [0, 0.05) is 20.1 Å². The Hall–Kier alpha value is -3.71. The van der Waals surface area contributed by atoms with Crippen LogP contribution in [0.4, 0.5) is 0 Å². The molecule has 1 unspecified atom stereocenters. The Morgan fingerprint density at radius 2 is 1.56 bits per heavy atom. The maximum absolute atomic E-state index is 12.7. The highest BCUT2D eigenvalue weighted by Gasteiger charge is 2.24. The van der Waals surface area contributed by atoms with Gasteiger partial charge in [0.25, 0.3) is 0 Å². The molecule has 0 fully saturated rings. The summed E-state index contributed by atoms with van der Waals surface area (Å²) in [5, 5.41) is 10.4. The third kappa shape index (κ3) is 7.15. The lowest BCUT2D eigenvalue weighted by Crippen LogP contribution is -2.54. The zero-order chi connectivity index (χ0) is 24.3. The minimum atomic E-state index is -0.887. The van der Waals surface area contributed by atoms with E-state index in [1.54, 1.807) is 6.92 Å². The summed E-state index contributed by atoms with van der Waals surface area (Å²) in [5.41, 5.74) is 2.04. The van der Waals surface area contributed by atoms with Crippen LogP contribution in [0.25, 0.3) is 10.8 Å². The minimum Gasteiger partial charge on any atom is -0.382 e. The predicted octanol–water partition coefficient (Wildman–Crippen LogP) is 2.72. The average Bonchev–Trinajstić information content (AvgIpc) is 2.86. The number of hydrogen-bond acceptors (Lipinski definition) is 4. The number of rotatable bonds is 11. The number of hydrogen-bond donors (Lipinski definition) is 3. The fourth-order valence-corrected chi connectivity index (χ4v) is 3.68. The Morgan fingerprint density at radius 3 is 2.32 bits per heavy atom. The number of carbonyl (C=O) groups excluding carboxylic acids is 3. The Bertz CT molecular complexity index is 1110. The zero-order valence-corrected chi connectivity index (χ0v) is 19.5. The van der Waals surface area contributed by atoms with Crippen LogP contribution < -0.4 is 16.0 Å². The first kappa shape index (κ1) is 24.9. The highest BCUT2D eigenvalue weighted by molar-refractivity contribution is 5.92. The molecule has 7 heteroatoms. The fraction of sp³-hybridized carbons (Fsp3) is 0.296. The first-order chi connectivity index (χ1) is 16.5. The topological polar surface area (TPSA) is 96.5 Å². The van der Waals surface area contributed by atoms with Crippen molar-refractivity contribution in [3.63, 3.8) is 0 Å². The van der Waals surface area contributed by atoms with Crippen molar-refractivity contribution in [2.45, 2.75) is 38.4 Å². The lowest BCUT2D eigenvalue weighted by Gasteiger charge is -2.21. The van der Waals surface area contributed by atoms with Crippen LogP contribution in [0.1, 0.15) is 24.5 Å².